The van der Waals surface area contributed by atoms with Gasteiger partial charge in [0.15, 0.2) is 0 Å². The predicted molar refractivity (Wildman–Crippen MR) is 71.4 cm³/mol. The summed E-state index contributed by atoms with van der Waals surface area (Å²) in [4.78, 5) is 3.23. The van der Waals surface area contributed by atoms with E-state index in [1.807, 2.05) is 6.20 Å². The summed E-state index contributed by atoms with van der Waals surface area (Å²) in [7, 11) is 0. The van der Waals surface area contributed by atoms with Crippen LogP contribution >= 0.6 is 15.9 Å². The number of aromatic nitrogens is 1. The minimum absolute atomic E-state index is 1.11. The molecule has 0 saturated heterocycles. The van der Waals surface area contributed by atoms with E-state index in [1.54, 1.807) is 0 Å². The predicted octanol–water partition coefficient (Wildman–Crippen LogP) is 4.60. The molecule has 78 valence electrons. The van der Waals surface area contributed by atoms with Crippen LogP contribution in [0.25, 0.3) is 22.0 Å². The molecule has 0 aliphatic carbocycles. The second kappa shape index (κ2) is 3.80. The second-order valence-corrected chi connectivity index (χ2v) is 4.67. The van der Waals surface area contributed by atoms with Crippen LogP contribution in [0.5, 0.6) is 0 Å². The maximum absolute atomic E-state index is 3.45. The number of halogens is 1. The summed E-state index contributed by atoms with van der Waals surface area (Å²) < 4.78 is 1.11. The van der Waals surface area contributed by atoms with Crippen LogP contribution < -0.4 is 0 Å². The Morgan fingerprint density at radius 1 is 0.875 bits per heavy atom. The van der Waals surface area contributed by atoms with Gasteiger partial charge in [0.2, 0.25) is 0 Å². The number of rotatable bonds is 1. The van der Waals surface area contributed by atoms with Crippen LogP contribution in [0.1, 0.15) is 0 Å². The van der Waals surface area contributed by atoms with Gasteiger partial charge in [0.25, 0.3) is 0 Å². The van der Waals surface area contributed by atoms with Crippen molar-refractivity contribution >= 4 is 26.8 Å². The van der Waals surface area contributed by atoms with Gasteiger partial charge in [-0.25, -0.2) is 0 Å². The highest BCUT2D eigenvalue weighted by atomic mass is 79.9. The fraction of sp³-hybridized carbons (Fsp3) is 0. The highest BCUT2D eigenvalue weighted by Crippen LogP contribution is 2.28. The molecular weight excluding hydrogens is 262 g/mol. The molecule has 0 fully saturated rings. The average Bonchev–Trinajstić information content (AvgIpc) is 2.78. The van der Waals surface area contributed by atoms with Crippen LogP contribution in [0.15, 0.2) is 59.2 Å². The summed E-state index contributed by atoms with van der Waals surface area (Å²) in [5, 5.41) is 1.27. The van der Waals surface area contributed by atoms with Crippen LogP contribution in [0.4, 0.5) is 0 Å². The van der Waals surface area contributed by atoms with E-state index in [4.69, 9.17) is 0 Å². The molecule has 3 aromatic rings. The molecule has 0 amide bonds. The molecule has 0 unspecified atom stereocenters. The maximum Gasteiger partial charge on any atom is 0.0460 e. The monoisotopic (exact) mass is 271 g/mol. The zero-order chi connectivity index (χ0) is 11.0. The first-order chi connectivity index (χ1) is 7.84. The number of aromatic amines is 1. The van der Waals surface area contributed by atoms with Crippen molar-refractivity contribution in [2.24, 2.45) is 0 Å². The van der Waals surface area contributed by atoms with Crippen molar-refractivity contribution in [3.05, 3.63) is 59.2 Å². The Hall–Kier alpha value is -1.54. The number of fused-ring (bicyclic) bond motifs is 1. The quantitative estimate of drug-likeness (QED) is 0.666. The van der Waals surface area contributed by atoms with E-state index in [-0.39, 0.29) is 0 Å². The summed E-state index contributed by atoms with van der Waals surface area (Å²) in [5.41, 5.74) is 3.69. The first kappa shape index (κ1) is 9.67. The molecule has 0 aliphatic rings. The minimum Gasteiger partial charge on any atom is -0.361 e. The van der Waals surface area contributed by atoms with Crippen molar-refractivity contribution in [1.29, 1.82) is 0 Å². The Balaban J connectivity index is 2.25. The Bertz CT molecular complexity index is 623. The summed E-state index contributed by atoms with van der Waals surface area (Å²) >= 11 is 3.45. The van der Waals surface area contributed by atoms with Gasteiger partial charge in [-0.2, -0.15) is 0 Å². The number of hydrogen-bond donors (Lipinski definition) is 1. The van der Waals surface area contributed by atoms with Gasteiger partial charge in [-0.1, -0.05) is 40.2 Å². The lowest BCUT2D eigenvalue weighted by Crippen LogP contribution is -1.78. The van der Waals surface area contributed by atoms with E-state index in [0.29, 0.717) is 0 Å². The molecule has 1 nitrogen and oxygen atoms in total. The van der Waals surface area contributed by atoms with E-state index in [9.17, 15) is 0 Å². The first-order valence-electron chi connectivity index (χ1n) is 5.17. The van der Waals surface area contributed by atoms with Gasteiger partial charge in [-0.15, -0.1) is 0 Å². The molecule has 0 aliphatic heterocycles. The van der Waals surface area contributed by atoms with Gasteiger partial charge in [0, 0.05) is 21.6 Å². The highest BCUT2D eigenvalue weighted by Gasteiger charge is 2.03. The van der Waals surface area contributed by atoms with Crippen LogP contribution in [0.3, 0.4) is 0 Å². The molecule has 0 bridgehead atoms. The fourth-order valence-corrected chi connectivity index (χ4v) is 2.23. The molecule has 1 heterocycles. The number of nitrogens with one attached hydrogen (secondary N) is 1. The lowest BCUT2D eigenvalue weighted by molar-refractivity contribution is 1.48. The molecule has 2 aromatic carbocycles. The van der Waals surface area contributed by atoms with Gasteiger partial charge >= 0.3 is 0 Å². The summed E-state index contributed by atoms with van der Waals surface area (Å²) in [6.07, 6.45) is 1.98. The molecule has 0 saturated carbocycles. The van der Waals surface area contributed by atoms with E-state index >= 15 is 0 Å². The first-order valence-corrected chi connectivity index (χ1v) is 5.96. The maximum atomic E-state index is 3.45. The Morgan fingerprint density at radius 3 is 2.50 bits per heavy atom. The zero-order valence-corrected chi connectivity index (χ0v) is 10.2. The van der Waals surface area contributed by atoms with E-state index < -0.39 is 0 Å². The zero-order valence-electron chi connectivity index (χ0n) is 8.57. The van der Waals surface area contributed by atoms with Crippen LogP contribution in [0, 0.1) is 0 Å². The Labute approximate surface area is 102 Å². The molecular formula is C14H10BrN. The van der Waals surface area contributed by atoms with Gasteiger partial charge in [-0.05, 0) is 35.4 Å². The second-order valence-electron chi connectivity index (χ2n) is 3.75. The number of H-pyrrole nitrogens is 1. The van der Waals surface area contributed by atoms with Crippen molar-refractivity contribution in [2.75, 3.05) is 0 Å². The fourth-order valence-electron chi connectivity index (χ4n) is 1.97. The summed E-state index contributed by atoms with van der Waals surface area (Å²) in [6, 6.07) is 16.8. The van der Waals surface area contributed by atoms with Crippen LogP contribution in [-0.4, -0.2) is 4.98 Å². The molecule has 2 heteroatoms. The van der Waals surface area contributed by atoms with Crippen molar-refractivity contribution in [2.45, 2.75) is 0 Å². The summed E-state index contributed by atoms with van der Waals surface area (Å²) in [6.45, 7) is 0. The molecule has 1 aromatic heterocycles. The molecule has 0 atom stereocenters. The summed E-state index contributed by atoms with van der Waals surface area (Å²) in [5.74, 6) is 0. The minimum atomic E-state index is 1.11. The number of benzene rings is 2. The molecule has 0 radical (unpaired) electrons. The average molecular weight is 272 g/mol. The van der Waals surface area contributed by atoms with E-state index in [0.717, 1.165) is 4.47 Å². The Morgan fingerprint density at radius 2 is 1.69 bits per heavy atom. The third-order valence-electron chi connectivity index (χ3n) is 2.75. The highest BCUT2D eigenvalue weighted by molar-refractivity contribution is 9.10. The van der Waals surface area contributed by atoms with Crippen molar-refractivity contribution < 1.29 is 0 Å². The van der Waals surface area contributed by atoms with Gasteiger partial charge < -0.3 is 4.98 Å². The lowest BCUT2D eigenvalue weighted by atomic mass is 10.0. The van der Waals surface area contributed by atoms with Gasteiger partial charge in [-0.3, -0.25) is 0 Å². The van der Waals surface area contributed by atoms with Gasteiger partial charge in [0.05, 0.1) is 0 Å². The van der Waals surface area contributed by atoms with Crippen LogP contribution in [-0.2, 0) is 0 Å². The van der Waals surface area contributed by atoms with E-state index in [1.165, 1.54) is 22.0 Å². The van der Waals surface area contributed by atoms with Crippen molar-refractivity contribution in [1.82, 2.24) is 4.98 Å². The third kappa shape index (κ3) is 1.55. The van der Waals surface area contributed by atoms with Crippen LogP contribution in [0.2, 0.25) is 0 Å². The van der Waals surface area contributed by atoms with Crippen molar-refractivity contribution in [3.8, 4) is 11.1 Å². The normalized spacial score (nSPS) is 10.8. The van der Waals surface area contributed by atoms with Crippen molar-refractivity contribution in [3.63, 3.8) is 0 Å². The number of hydrogen-bond acceptors (Lipinski definition) is 0. The Kier molecular flexibility index (Phi) is 2.29. The largest absolute Gasteiger partial charge is 0.361 e. The standard InChI is InChI=1S/C14H10BrN/c15-11-6-4-10(5-7-11)12-2-1-3-14-13(12)8-9-16-14/h1-9,16H. The molecule has 16 heavy (non-hydrogen) atoms. The van der Waals surface area contributed by atoms with Gasteiger partial charge in [0.1, 0.15) is 0 Å². The molecule has 0 spiro atoms. The van der Waals surface area contributed by atoms with E-state index in [2.05, 4.69) is 69.4 Å². The molecule has 1 N–H and O–H groups in total. The third-order valence-corrected chi connectivity index (χ3v) is 3.28. The SMILES string of the molecule is Brc1ccc(-c2cccc3[nH]ccc23)cc1. The molecule has 3 rings (SSSR count). The lowest BCUT2D eigenvalue weighted by Gasteiger charge is -2.03. The topological polar surface area (TPSA) is 15.8 Å². The smallest absolute Gasteiger partial charge is 0.0460 e.